The van der Waals surface area contributed by atoms with Crippen LogP contribution in [-0.2, 0) is 0 Å². The summed E-state index contributed by atoms with van der Waals surface area (Å²) < 4.78 is 0. The Bertz CT molecular complexity index is 388. The van der Waals surface area contributed by atoms with Crippen molar-refractivity contribution in [3.63, 3.8) is 0 Å². The molecule has 5 heteroatoms. The number of β-amino-alcohol motifs (C(OH)–C–C–N with tert-alkyl or cyclic N) is 1. The van der Waals surface area contributed by atoms with Crippen LogP contribution in [0.3, 0.4) is 0 Å². The Balaban J connectivity index is 2.28. The Morgan fingerprint density at radius 2 is 2.50 bits per heavy atom. The summed E-state index contributed by atoms with van der Waals surface area (Å²) in [4.78, 5) is 19.9. The summed E-state index contributed by atoms with van der Waals surface area (Å²) in [6.07, 6.45) is 0.449. The summed E-state index contributed by atoms with van der Waals surface area (Å²) in [6.45, 7) is 3.07. The van der Waals surface area contributed by atoms with Gasteiger partial charge in [-0.25, -0.2) is 4.98 Å². The van der Waals surface area contributed by atoms with Crippen molar-refractivity contribution in [3.05, 3.63) is 22.2 Å². The molecule has 5 nitrogen and oxygen atoms in total. The molecule has 0 aliphatic carbocycles. The van der Waals surface area contributed by atoms with Crippen molar-refractivity contribution < 1.29 is 5.11 Å². The standard InChI is InChI=1S/C9H13N3O2/c1-6-10-8(4-9(14)11-6)12-3-2-7(13)5-12/h4,7,13H,2-3,5H2,1H3,(H,10,11,14)/t7-/m0/s1. The van der Waals surface area contributed by atoms with Gasteiger partial charge in [0.15, 0.2) is 0 Å². The van der Waals surface area contributed by atoms with Crippen LogP contribution >= 0.6 is 0 Å². The largest absolute Gasteiger partial charge is 0.391 e. The molecule has 0 spiro atoms. The van der Waals surface area contributed by atoms with Gasteiger partial charge in [0.25, 0.3) is 5.56 Å². The van der Waals surface area contributed by atoms with E-state index in [0.717, 1.165) is 13.0 Å². The first kappa shape index (κ1) is 9.21. The first-order valence-corrected chi connectivity index (χ1v) is 4.66. The van der Waals surface area contributed by atoms with E-state index in [1.54, 1.807) is 6.92 Å². The van der Waals surface area contributed by atoms with Crippen LogP contribution < -0.4 is 10.5 Å². The zero-order valence-corrected chi connectivity index (χ0v) is 8.03. The van der Waals surface area contributed by atoms with Crippen LogP contribution in [0.4, 0.5) is 5.82 Å². The highest BCUT2D eigenvalue weighted by molar-refractivity contribution is 5.38. The number of nitrogens with one attached hydrogen (secondary N) is 1. The van der Waals surface area contributed by atoms with Crippen LogP contribution in [0.5, 0.6) is 0 Å². The van der Waals surface area contributed by atoms with Crippen LogP contribution in [-0.4, -0.2) is 34.3 Å². The van der Waals surface area contributed by atoms with Crippen molar-refractivity contribution >= 4 is 5.82 Å². The third-order valence-corrected chi connectivity index (χ3v) is 2.33. The number of aromatic amines is 1. The maximum atomic E-state index is 11.2. The lowest BCUT2D eigenvalue weighted by Gasteiger charge is -2.15. The lowest BCUT2D eigenvalue weighted by atomic mass is 10.3. The maximum Gasteiger partial charge on any atom is 0.252 e. The van der Waals surface area contributed by atoms with E-state index in [2.05, 4.69) is 9.97 Å². The summed E-state index contributed by atoms with van der Waals surface area (Å²) in [7, 11) is 0. The molecule has 1 fully saturated rings. The molecule has 0 aromatic carbocycles. The Hall–Kier alpha value is -1.36. The monoisotopic (exact) mass is 195 g/mol. The van der Waals surface area contributed by atoms with Gasteiger partial charge in [0.1, 0.15) is 11.6 Å². The number of aliphatic hydroxyl groups excluding tert-OH is 1. The molecule has 0 saturated carbocycles. The number of hydrogen-bond acceptors (Lipinski definition) is 4. The summed E-state index contributed by atoms with van der Waals surface area (Å²) in [5.41, 5.74) is -0.145. The van der Waals surface area contributed by atoms with E-state index in [4.69, 9.17) is 0 Å². The van der Waals surface area contributed by atoms with Crippen molar-refractivity contribution in [2.24, 2.45) is 0 Å². The van der Waals surface area contributed by atoms with Gasteiger partial charge in [0.05, 0.1) is 6.10 Å². The molecular weight excluding hydrogens is 182 g/mol. The summed E-state index contributed by atoms with van der Waals surface area (Å²) >= 11 is 0. The molecular formula is C9H13N3O2. The average molecular weight is 195 g/mol. The number of anilines is 1. The number of rotatable bonds is 1. The predicted octanol–water partition coefficient (Wildman–Crippen LogP) is -0.351. The number of H-pyrrole nitrogens is 1. The van der Waals surface area contributed by atoms with Gasteiger partial charge >= 0.3 is 0 Å². The van der Waals surface area contributed by atoms with E-state index in [0.29, 0.717) is 18.2 Å². The molecule has 1 aliphatic rings. The van der Waals surface area contributed by atoms with Gasteiger partial charge in [-0.2, -0.15) is 0 Å². The lowest BCUT2D eigenvalue weighted by Crippen LogP contribution is -2.24. The predicted molar refractivity (Wildman–Crippen MR) is 52.4 cm³/mol. The molecule has 0 unspecified atom stereocenters. The molecule has 1 aromatic heterocycles. The van der Waals surface area contributed by atoms with E-state index >= 15 is 0 Å². The summed E-state index contributed by atoms with van der Waals surface area (Å²) in [6, 6.07) is 1.46. The third-order valence-electron chi connectivity index (χ3n) is 2.33. The number of aromatic nitrogens is 2. The van der Waals surface area contributed by atoms with Gasteiger partial charge in [-0.1, -0.05) is 0 Å². The van der Waals surface area contributed by atoms with Gasteiger partial charge in [-0.3, -0.25) is 4.79 Å². The van der Waals surface area contributed by atoms with E-state index in [1.807, 2.05) is 4.90 Å². The molecule has 0 radical (unpaired) electrons. The fourth-order valence-electron chi connectivity index (χ4n) is 1.68. The summed E-state index contributed by atoms with van der Waals surface area (Å²) in [5.74, 6) is 1.26. The van der Waals surface area contributed by atoms with Crippen LogP contribution in [0, 0.1) is 6.92 Å². The molecule has 1 atom stereocenters. The van der Waals surface area contributed by atoms with Crippen LogP contribution in [0.1, 0.15) is 12.2 Å². The second-order valence-electron chi connectivity index (χ2n) is 3.58. The smallest absolute Gasteiger partial charge is 0.252 e. The summed E-state index contributed by atoms with van der Waals surface area (Å²) in [5, 5.41) is 9.34. The van der Waals surface area contributed by atoms with E-state index < -0.39 is 0 Å². The highest BCUT2D eigenvalue weighted by Crippen LogP contribution is 2.15. The van der Waals surface area contributed by atoms with Crippen molar-refractivity contribution in [3.8, 4) is 0 Å². The molecule has 1 saturated heterocycles. The number of hydrogen-bond donors (Lipinski definition) is 2. The first-order chi connectivity index (χ1) is 6.65. The van der Waals surface area contributed by atoms with E-state index in [-0.39, 0.29) is 11.7 Å². The fraction of sp³-hybridized carbons (Fsp3) is 0.556. The fourth-order valence-corrected chi connectivity index (χ4v) is 1.68. The lowest BCUT2D eigenvalue weighted by molar-refractivity contribution is 0.198. The van der Waals surface area contributed by atoms with Gasteiger partial charge in [-0.05, 0) is 13.3 Å². The van der Waals surface area contributed by atoms with Gasteiger partial charge in [0, 0.05) is 19.2 Å². The minimum absolute atomic E-state index is 0.145. The SMILES string of the molecule is Cc1nc(N2CC[C@H](O)C2)cc(=O)[nH]1. The van der Waals surface area contributed by atoms with Crippen molar-refractivity contribution in [1.29, 1.82) is 0 Å². The molecule has 2 N–H and O–H groups in total. The molecule has 0 amide bonds. The van der Waals surface area contributed by atoms with Crippen LogP contribution in [0.15, 0.2) is 10.9 Å². The molecule has 2 heterocycles. The number of nitrogens with zero attached hydrogens (tertiary/aromatic N) is 2. The van der Waals surface area contributed by atoms with Gasteiger partial charge in [-0.15, -0.1) is 0 Å². The van der Waals surface area contributed by atoms with Crippen molar-refractivity contribution in [1.82, 2.24) is 9.97 Å². The Labute approximate surface area is 81.4 Å². The normalized spacial score (nSPS) is 21.6. The van der Waals surface area contributed by atoms with Gasteiger partial charge < -0.3 is 15.0 Å². The molecule has 0 bridgehead atoms. The average Bonchev–Trinajstić information content (AvgIpc) is 2.50. The second kappa shape index (κ2) is 3.42. The molecule has 2 rings (SSSR count). The topological polar surface area (TPSA) is 69.2 Å². The zero-order chi connectivity index (χ0) is 10.1. The van der Waals surface area contributed by atoms with Crippen LogP contribution in [0.25, 0.3) is 0 Å². The van der Waals surface area contributed by atoms with Crippen molar-refractivity contribution in [2.75, 3.05) is 18.0 Å². The number of aryl methyl sites for hydroxylation is 1. The first-order valence-electron chi connectivity index (χ1n) is 4.66. The zero-order valence-electron chi connectivity index (χ0n) is 8.03. The van der Waals surface area contributed by atoms with E-state index in [9.17, 15) is 9.90 Å². The molecule has 76 valence electrons. The van der Waals surface area contributed by atoms with Crippen LogP contribution in [0.2, 0.25) is 0 Å². The Kier molecular flexibility index (Phi) is 2.25. The Morgan fingerprint density at radius 1 is 1.71 bits per heavy atom. The van der Waals surface area contributed by atoms with E-state index in [1.165, 1.54) is 6.07 Å². The van der Waals surface area contributed by atoms with Crippen molar-refractivity contribution in [2.45, 2.75) is 19.4 Å². The highest BCUT2D eigenvalue weighted by Gasteiger charge is 2.21. The highest BCUT2D eigenvalue weighted by atomic mass is 16.3. The third kappa shape index (κ3) is 1.77. The maximum absolute atomic E-state index is 11.2. The molecule has 1 aromatic rings. The minimum Gasteiger partial charge on any atom is -0.391 e. The minimum atomic E-state index is -0.295. The number of aliphatic hydroxyl groups is 1. The quantitative estimate of drug-likeness (QED) is 0.642. The molecule has 14 heavy (non-hydrogen) atoms. The second-order valence-corrected chi connectivity index (χ2v) is 3.58. The Morgan fingerprint density at radius 3 is 3.07 bits per heavy atom. The molecule has 1 aliphatic heterocycles. The van der Waals surface area contributed by atoms with Gasteiger partial charge in [0.2, 0.25) is 0 Å².